The van der Waals surface area contributed by atoms with E-state index in [0.717, 1.165) is 22.3 Å². The van der Waals surface area contributed by atoms with Crippen LogP contribution in [0.25, 0.3) is 75.8 Å². The van der Waals surface area contributed by atoms with Crippen LogP contribution in [-0.4, -0.2) is 0 Å². The first-order valence-corrected chi connectivity index (χ1v) is 19.4. The summed E-state index contributed by atoms with van der Waals surface area (Å²) >= 11 is 0. The van der Waals surface area contributed by atoms with Crippen molar-refractivity contribution in [3.8, 4) is 22.6 Å². The molecule has 0 fully saturated rings. The van der Waals surface area contributed by atoms with Crippen molar-refractivity contribution >= 4 is 64.6 Å². The zero-order chi connectivity index (χ0) is 36.8. The standard InChI is InChI=1S/C55H34O/c1-2-17-37(18-3-1)55(38-32-30-35(31-33-38)50-34-36-16-4-5-19-39(36)40-20-6-7-25-45(40)50)51-46-26-12-8-21-41(46)43-23-10-14-28-48(43)53(51)56-54-49-29-15-11-24-44(49)42-22-9-13-27-47(42)52(54)55/h1-34H. The van der Waals surface area contributed by atoms with E-state index in [9.17, 15) is 0 Å². The molecule has 0 bridgehead atoms. The highest BCUT2D eigenvalue weighted by Gasteiger charge is 2.49. The number of hydrogen-bond donors (Lipinski definition) is 0. The van der Waals surface area contributed by atoms with Gasteiger partial charge in [-0.2, -0.15) is 0 Å². The molecule has 0 radical (unpaired) electrons. The van der Waals surface area contributed by atoms with Gasteiger partial charge in [0.15, 0.2) is 0 Å². The average Bonchev–Trinajstić information content (AvgIpc) is 3.28. The van der Waals surface area contributed by atoms with E-state index in [1.165, 1.54) is 87.2 Å². The molecule has 0 spiro atoms. The Balaban J connectivity index is 1.26. The fourth-order valence-electron chi connectivity index (χ4n) is 10.0. The predicted molar refractivity (Wildman–Crippen MR) is 235 cm³/mol. The normalized spacial score (nSPS) is 13.3. The van der Waals surface area contributed by atoms with Crippen molar-refractivity contribution in [1.29, 1.82) is 0 Å². The molecule has 0 saturated heterocycles. The van der Waals surface area contributed by atoms with Crippen molar-refractivity contribution in [2.45, 2.75) is 5.41 Å². The maximum absolute atomic E-state index is 7.50. The largest absolute Gasteiger partial charge is 0.455 e. The van der Waals surface area contributed by atoms with Gasteiger partial charge in [0, 0.05) is 21.9 Å². The molecule has 1 nitrogen and oxygen atoms in total. The van der Waals surface area contributed by atoms with Crippen molar-refractivity contribution in [1.82, 2.24) is 0 Å². The van der Waals surface area contributed by atoms with Gasteiger partial charge in [0.05, 0.1) is 5.41 Å². The van der Waals surface area contributed by atoms with Crippen LogP contribution in [0, 0.1) is 0 Å². The molecule has 0 atom stereocenters. The van der Waals surface area contributed by atoms with Gasteiger partial charge in [0.1, 0.15) is 11.5 Å². The van der Waals surface area contributed by atoms with Gasteiger partial charge in [-0.1, -0.05) is 200 Å². The Hall–Kier alpha value is -7.22. The van der Waals surface area contributed by atoms with Crippen molar-refractivity contribution in [3.63, 3.8) is 0 Å². The average molecular weight is 711 g/mol. The third-order valence-electron chi connectivity index (χ3n) is 12.3. The molecule has 0 aromatic heterocycles. The second-order valence-electron chi connectivity index (χ2n) is 15.1. The van der Waals surface area contributed by atoms with Gasteiger partial charge in [-0.15, -0.1) is 0 Å². The minimum absolute atomic E-state index is 0.749. The van der Waals surface area contributed by atoms with E-state index in [0.29, 0.717) is 0 Å². The van der Waals surface area contributed by atoms with Gasteiger partial charge in [-0.25, -0.2) is 0 Å². The SMILES string of the molecule is c1ccc(C2(c3ccc(-c4cc5ccccc5c5ccccc45)cc3)c3c(c4ccccc4c4ccccc34)Oc3c2c2ccccc2c2ccccc32)cc1. The molecule has 1 aliphatic heterocycles. The maximum atomic E-state index is 7.50. The highest BCUT2D eigenvalue weighted by atomic mass is 16.5. The fraction of sp³-hybridized carbons (Fsp3) is 0.0182. The third-order valence-corrected chi connectivity index (χ3v) is 12.3. The molecular formula is C55H34O. The van der Waals surface area contributed by atoms with Crippen LogP contribution in [0.4, 0.5) is 0 Å². The lowest BCUT2D eigenvalue weighted by Gasteiger charge is -2.44. The summed E-state index contributed by atoms with van der Waals surface area (Å²) in [6, 6.07) is 75.8. The predicted octanol–water partition coefficient (Wildman–Crippen LogP) is 14.8. The highest BCUT2D eigenvalue weighted by Crippen LogP contribution is 2.62. The van der Waals surface area contributed by atoms with Crippen molar-refractivity contribution in [2.24, 2.45) is 0 Å². The van der Waals surface area contributed by atoms with Gasteiger partial charge in [0.25, 0.3) is 0 Å². The first-order valence-electron chi connectivity index (χ1n) is 19.4. The Bertz CT molecular complexity index is 3250. The van der Waals surface area contributed by atoms with Crippen LogP contribution in [0.3, 0.4) is 0 Å². The third kappa shape index (κ3) is 4.20. The second kappa shape index (κ2) is 11.9. The lowest BCUT2D eigenvalue weighted by atomic mass is 9.61. The molecule has 1 heteroatoms. The molecule has 0 amide bonds. The lowest BCUT2D eigenvalue weighted by molar-refractivity contribution is 0.449. The van der Waals surface area contributed by atoms with Crippen molar-refractivity contribution < 1.29 is 4.74 Å². The van der Waals surface area contributed by atoms with Gasteiger partial charge in [-0.3, -0.25) is 0 Å². The monoisotopic (exact) mass is 710 g/mol. The minimum Gasteiger partial charge on any atom is -0.455 e. The number of ether oxygens (including phenoxy) is 1. The Morgan fingerprint density at radius 3 is 1.20 bits per heavy atom. The van der Waals surface area contributed by atoms with Crippen molar-refractivity contribution in [3.05, 3.63) is 229 Å². The van der Waals surface area contributed by atoms with Crippen LogP contribution in [0.15, 0.2) is 206 Å². The summed E-state index contributed by atoms with van der Waals surface area (Å²) in [7, 11) is 0. The van der Waals surface area contributed by atoms with E-state index in [1.807, 2.05) is 0 Å². The van der Waals surface area contributed by atoms with Crippen LogP contribution in [0.1, 0.15) is 22.3 Å². The first kappa shape index (κ1) is 31.2. The number of benzene rings is 11. The Morgan fingerprint density at radius 1 is 0.286 bits per heavy atom. The van der Waals surface area contributed by atoms with Gasteiger partial charge < -0.3 is 4.74 Å². The smallest absolute Gasteiger partial charge is 0.140 e. The molecule has 0 unspecified atom stereocenters. The van der Waals surface area contributed by atoms with E-state index < -0.39 is 5.41 Å². The van der Waals surface area contributed by atoms with Crippen LogP contribution >= 0.6 is 0 Å². The summed E-state index contributed by atoms with van der Waals surface area (Å²) in [5, 5.41) is 14.5. The molecule has 12 rings (SSSR count). The van der Waals surface area contributed by atoms with E-state index in [4.69, 9.17) is 4.74 Å². The molecule has 56 heavy (non-hydrogen) atoms. The van der Waals surface area contributed by atoms with Crippen LogP contribution in [0.2, 0.25) is 0 Å². The molecule has 1 aliphatic rings. The summed E-state index contributed by atoms with van der Waals surface area (Å²) in [5.74, 6) is 1.83. The Kier molecular flexibility index (Phi) is 6.62. The van der Waals surface area contributed by atoms with Gasteiger partial charge in [-0.05, 0) is 82.2 Å². The van der Waals surface area contributed by atoms with Crippen molar-refractivity contribution in [2.75, 3.05) is 0 Å². The van der Waals surface area contributed by atoms with E-state index in [2.05, 4.69) is 206 Å². The second-order valence-corrected chi connectivity index (χ2v) is 15.1. The first-order chi connectivity index (χ1) is 27.8. The van der Waals surface area contributed by atoms with Crippen LogP contribution < -0.4 is 4.74 Å². The van der Waals surface area contributed by atoms with E-state index in [1.54, 1.807) is 0 Å². The summed E-state index contributed by atoms with van der Waals surface area (Å²) in [6.45, 7) is 0. The van der Waals surface area contributed by atoms with E-state index in [-0.39, 0.29) is 0 Å². The molecule has 260 valence electrons. The summed E-state index contributed by atoms with van der Waals surface area (Å²) in [5.41, 5.74) is 6.43. The molecule has 11 aromatic rings. The van der Waals surface area contributed by atoms with E-state index >= 15 is 0 Å². The fourth-order valence-corrected chi connectivity index (χ4v) is 10.0. The molecule has 0 aliphatic carbocycles. The highest BCUT2D eigenvalue weighted by molar-refractivity contribution is 6.18. The summed E-state index contributed by atoms with van der Waals surface area (Å²) < 4.78 is 7.50. The number of fused-ring (bicyclic) bond motifs is 15. The zero-order valence-electron chi connectivity index (χ0n) is 30.5. The van der Waals surface area contributed by atoms with Gasteiger partial charge in [0.2, 0.25) is 0 Å². The molecule has 1 heterocycles. The maximum Gasteiger partial charge on any atom is 0.140 e. The molecular weight excluding hydrogens is 677 g/mol. The van der Waals surface area contributed by atoms with Gasteiger partial charge >= 0.3 is 0 Å². The van der Waals surface area contributed by atoms with Crippen LogP contribution in [-0.2, 0) is 5.41 Å². The zero-order valence-corrected chi connectivity index (χ0v) is 30.5. The van der Waals surface area contributed by atoms with Crippen LogP contribution in [0.5, 0.6) is 11.5 Å². The molecule has 0 saturated carbocycles. The minimum atomic E-state index is -0.749. The Labute approximate surface area is 324 Å². The molecule has 11 aromatic carbocycles. The summed E-state index contributed by atoms with van der Waals surface area (Å²) in [6.07, 6.45) is 0. The summed E-state index contributed by atoms with van der Waals surface area (Å²) in [4.78, 5) is 0. The molecule has 0 N–H and O–H groups in total. The topological polar surface area (TPSA) is 9.23 Å². The Morgan fingerprint density at radius 2 is 0.661 bits per heavy atom. The number of rotatable bonds is 3. The quantitative estimate of drug-likeness (QED) is 0.166. The number of hydrogen-bond acceptors (Lipinski definition) is 1. The lowest BCUT2D eigenvalue weighted by Crippen LogP contribution is -2.35.